The van der Waals surface area contributed by atoms with E-state index in [9.17, 15) is 14.7 Å². The Morgan fingerprint density at radius 3 is 2.00 bits per heavy atom. The second-order valence-corrected chi connectivity index (χ2v) is 5.69. The van der Waals surface area contributed by atoms with E-state index in [0.29, 0.717) is 0 Å². The molecule has 2 aromatic carbocycles. The molecule has 0 radical (unpaired) electrons. The van der Waals surface area contributed by atoms with Crippen molar-refractivity contribution in [2.45, 2.75) is 32.3 Å². The van der Waals surface area contributed by atoms with Gasteiger partial charge in [0, 0.05) is 0 Å². The van der Waals surface area contributed by atoms with Crippen molar-refractivity contribution >= 4 is 11.9 Å². The second kappa shape index (κ2) is 10.3. The van der Waals surface area contributed by atoms with Gasteiger partial charge in [-0.3, -0.25) is 0 Å². The van der Waals surface area contributed by atoms with E-state index in [1.165, 1.54) is 6.92 Å². The van der Waals surface area contributed by atoms with Crippen LogP contribution in [-0.4, -0.2) is 35.9 Å². The summed E-state index contributed by atoms with van der Waals surface area (Å²) in [6.07, 6.45) is -2.59. The maximum Gasteiger partial charge on any atom is 0.347 e. The maximum absolute atomic E-state index is 11.9. The lowest BCUT2D eigenvalue weighted by molar-refractivity contribution is -0.174. The predicted molar refractivity (Wildman–Crippen MR) is 93.9 cm³/mol. The Kier molecular flexibility index (Phi) is 7.79. The Labute approximate surface area is 152 Å². The molecule has 0 spiro atoms. The third-order valence-corrected chi connectivity index (χ3v) is 3.51. The lowest BCUT2D eigenvalue weighted by Crippen LogP contribution is -2.34. The van der Waals surface area contributed by atoms with Crippen LogP contribution in [0, 0.1) is 0 Å². The van der Waals surface area contributed by atoms with Crippen LogP contribution in [0.4, 0.5) is 0 Å². The zero-order chi connectivity index (χ0) is 18.8. The van der Waals surface area contributed by atoms with Crippen molar-refractivity contribution in [2.75, 3.05) is 6.61 Å². The summed E-state index contributed by atoms with van der Waals surface area (Å²) in [4.78, 5) is 23.7. The monoisotopic (exact) mass is 358 g/mol. The van der Waals surface area contributed by atoms with E-state index in [0.717, 1.165) is 11.1 Å². The molecular formula is C20H22O6. The molecule has 2 aromatic rings. The molecule has 0 bridgehead atoms. The first-order valence-corrected chi connectivity index (χ1v) is 8.27. The average Bonchev–Trinajstić information content (AvgIpc) is 2.67. The fourth-order valence-corrected chi connectivity index (χ4v) is 2.08. The van der Waals surface area contributed by atoms with Crippen molar-refractivity contribution in [1.29, 1.82) is 0 Å². The van der Waals surface area contributed by atoms with Gasteiger partial charge in [-0.15, -0.1) is 0 Å². The summed E-state index contributed by atoms with van der Waals surface area (Å²) in [5.74, 6) is -1.61. The van der Waals surface area contributed by atoms with E-state index in [-0.39, 0.29) is 19.8 Å². The SMILES string of the molecule is C[C@H](OC(=O)C(O)COCc1ccccc1)C(=O)OCc1ccccc1. The highest BCUT2D eigenvalue weighted by Gasteiger charge is 2.24. The molecule has 0 saturated heterocycles. The molecule has 0 aliphatic rings. The Hall–Kier alpha value is -2.70. The normalized spacial score (nSPS) is 12.8. The van der Waals surface area contributed by atoms with Crippen molar-refractivity contribution in [3.8, 4) is 0 Å². The van der Waals surface area contributed by atoms with Gasteiger partial charge < -0.3 is 19.3 Å². The van der Waals surface area contributed by atoms with Crippen LogP contribution in [0.3, 0.4) is 0 Å². The molecule has 0 amide bonds. The summed E-state index contributed by atoms with van der Waals surface area (Å²) in [6.45, 7) is 1.52. The van der Waals surface area contributed by atoms with E-state index in [1.54, 1.807) is 0 Å². The van der Waals surface area contributed by atoms with Crippen LogP contribution in [0.25, 0.3) is 0 Å². The molecule has 1 unspecified atom stereocenters. The van der Waals surface area contributed by atoms with Gasteiger partial charge in [-0.1, -0.05) is 60.7 Å². The number of hydrogen-bond donors (Lipinski definition) is 1. The van der Waals surface area contributed by atoms with Crippen LogP contribution in [0.2, 0.25) is 0 Å². The Morgan fingerprint density at radius 1 is 0.885 bits per heavy atom. The van der Waals surface area contributed by atoms with Crippen LogP contribution < -0.4 is 0 Å². The van der Waals surface area contributed by atoms with E-state index in [1.807, 2.05) is 60.7 Å². The molecule has 2 atom stereocenters. The van der Waals surface area contributed by atoms with Gasteiger partial charge in [0.05, 0.1) is 13.2 Å². The smallest absolute Gasteiger partial charge is 0.347 e. The van der Waals surface area contributed by atoms with Crippen LogP contribution >= 0.6 is 0 Å². The highest BCUT2D eigenvalue weighted by atomic mass is 16.6. The number of carbonyl (C=O) groups excluding carboxylic acids is 2. The van der Waals surface area contributed by atoms with Gasteiger partial charge in [0.1, 0.15) is 6.61 Å². The van der Waals surface area contributed by atoms with Crippen LogP contribution in [0.5, 0.6) is 0 Å². The lowest BCUT2D eigenvalue weighted by Gasteiger charge is -2.15. The van der Waals surface area contributed by atoms with Gasteiger partial charge in [-0.2, -0.15) is 0 Å². The number of carbonyl (C=O) groups is 2. The third-order valence-electron chi connectivity index (χ3n) is 3.51. The lowest BCUT2D eigenvalue weighted by atomic mass is 10.2. The topological polar surface area (TPSA) is 82.1 Å². The minimum Gasteiger partial charge on any atom is -0.458 e. The average molecular weight is 358 g/mol. The van der Waals surface area contributed by atoms with Crippen LogP contribution in [0.1, 0.15) is 18.1 Å². The highest BCUT2D eigenvalue weighted by molar-refractivity contribution is 5.81. The molecule has 0 saturated carbocycles. The van der Waals surface area contributed by atoms with E-state index < -0.39 is 24.1 Å². The maximum atomic E-state index is 11.9. The zero-order valence-electron chi connectivity index (χ0n) is 14.5. The summed E-state index contributed by atoms with van der Waals surface area (Å²) >= 11 is 0. The second-order valence-electron chi connectivity index (χ2n) is 5.69. The molecule has 2 rings (SSSR count). The Balaban J connectivity index is 1.68. The Bertz CT molecular complexity index is 686. The molecule has 138 valence electrons. The standard InChI is InChI=1S/C20H22O6/c1-15(19(22)25-13-17-10-6-3-7-11-17)26-20(23)18(21)14-24-12-16-8-4-2-5-9-16/h2-11,15,18,21H,12-14H2,1H3/t15-,18?/m0/s1. The van der Waals surface area contributed by atoms with E-state index >= 15 is 0 Å². The quantitative estimate of drug-likeness (QED) is 0.693. The first-order valence-electron chi connectivity index (χ1n) is 8.27. The fraction of sp³-hybridized carbons (Fsp3) is 0.300. The first-order chi connectivity index (χ1) is 12.6. The highest BCUT2D eigenvalue weighted by Crippen LogP contribution is 2.05. The van der Waals surface area contributed by atoms with Gasteiger partial charge in [0.2, 0.25) is 0 Å². The van der Waals surface area contributed by atoms with Crippen molar-refractivity contribution in [2.24, 2.45) is 0 Å². The number of hydrogen-bond acceptors (Lipinski definition) is 6. The summed E-state index contributed by atoms with van der Waals surface area (Å²) in [5.41, 5.74) is 1.75. The molecule has 26 heavy (non-hydrogen) atoms. The number of aliphatic hydroxyl groups is 1. The molecule has 0 aromatic heterocycles. The molecule has 0 heterocycles. The third kappa shape index (κ3) is 6.66. The van der Waals surface area contributed by atoms with Gasteiger partial charge in [0.25, 0.3) is 0 Å². The minimum absolute atomic E-state index is 0.0876. The summed E-state index contributed by atoms with van der Waals surface area (Å²) in [7, 11) is 0. The van der Waals surface area contributed by atoms with Crippen molar-refractivity contribution in [3.05, 3.63) is 71.8 Å². The van der Waals surface area contributed by atoms with E-state index in [2.05, 4.69) is 0 Å². The minimum atomic E-state index is -1.47. The van der Waals surface area contributed by atoms with Gasteiger partial charge in [-0.05, 0) is 18.1 Å². The first kappa shape index (κ1) is 19.6. The molecular weight excluding hydrogens is 336 g/mol. The molecule has 0 aliphatic heterocycles. The fourth-order valence-electron chi connectivity index (χ4n) is 2.08. The van der Waals surface area contributed by atoms with Crippen LogP contribution in [0.15, 0.2) is 60.7 Å². The Morgan fingerprint density at radius 2 is 1.42 bits per heavy atom. The zero-order valence-corrected chi connectivity index (χ0v) is 14.5. The largest absolute Gasteiger partial charge is 0.458 e. The number of rotatable bonds is 9. The van der Waals surface area contributed by atoms with Crippen molar-refractivity contribution in [1.82, 2.24) is 0 Å². The number of aliphatic hydroxyl groups excluding tert-OH is 1. The number of benzene rings is 2. The predicted octanol–water partition coefficient (Wildman–Crippen LogP) is 2.24. The molecule has 1 N–H and O–H groups in total. The summed E-state index contributed by atoms with van der Waals surface area (Å²) < 4.78 is 15.3. The molecule has 0 aliphatic carbocycles. The molecule has 0 fully saturated rings. The van der Waals surface area contributed by atoms with E-state index in [4.69, 9.17) is 14.2 Å². The summed E-state index contributed by atoms with van der Waals surface area (Å²) in [5, 5.41) is 9.78. The molecule has 6 nitrogen and oxygen atoms in total. The number of esters is 2. The van der Waals surface area contributed by atoms with Crippen LogP contribution in [-0.2, 0) is 37.0 Å². The van der Waals surface area contributed by atoms with Crippen molar-refractivity contribution < 1.29 is 28.9 Å². The van der Waals surface area contributed by atoms with Gasteiger partial charge in [-0.25, -0.2) is 9.59 Å². The van der Waals surface area contributed by atoms with Gasteiger partial charge in [0.15, 0.2) is 12.2 Å². The summed E-state index contributed by atoms with van der Waals surface area (Å²) in [6, 6.07) is 18.5. The van der Waals surface area contributed by atoms with Crippen molar-refractivity contribution in [3.63, 3.8) is 0 Å². The molecule has 6 heteroatoms. The van der Waals surface area contributed by atoms with Gasteiger partial charge >= 0.3 is 11.9 Å². The number of ether oxygens (including phenoxy) is 3.